The molecular formula is C14H20BrNO2. The average Bonchev–Trinajstić information content (AvgIpc) is 2.37. The van der Waals surface area contributed by atoms with E-state index >= 15 is 0 Å². The number of carbonyl (C=O) groups excluding carboxylic acids is 1. The van der Waals surface area contributed by atoms with Gasteiger partial charge in [-0.2, -0.15) is 0 Å². The van der Waals surface area contributed by atoms with Crippen molar-refractivity contribution < 1.29 is 9.53 Å². The van der Waals surface area contributed by atoms with Crippen LogP contribution in [0.3, 0.4) is 0 Å². The quantitative estimate of drug-likeness (QED) is 0.829. The van der Waals surface area contributed by atoms with Crippen molar-refractivity contribution in [1.82, 2.24) is 4.90 Å². The Morgan fingerprint density at radius 3 is 2.72 bits per heavy atom. The molecular weight excluding hydrogens is 294 g/mol. The van der Waals surface area contributed by atoms with Gasteiger partial charge in [-0.05, 0) is 31.5 Å². The number of hydrogen-bond donors (Lipinski definition) is 0. The topological polar surface area (TPSA) is 29.5 Å². The van der Waals surface area contributed by atoms with E-state index in [4.69, 9.17) is 4.74 Å². The van der Waals surface area contributed by atoms with Gasteiger partial charge in [0.15, 0.2) is 0 Å². The van der Waals surface area contributed by atoms with Gasteiger partial charge < -0.3 is 9.64 Å². The van der Waals surface area contributed by atoms with E-state index in [2.05, 4.69) is 29.8 Å². The molecule has 4 heteroatoms. The first kappa shape index (κ1) is 15.0. The molecule has 0 aliphatic rings. The molecule has 100 valence electrons. The van der Waals surface area contributed by atoms with Gasteiger partial charge in [0.2, 0.25) is 0 Å². The highest BCUT2D eigenvalue weighted by molar-refractivity contribution is 9.10. The van der Waals surface area contributed by atoms with Crippen molar-refractivity contribution in [3.05, 3.63) is 28.2 Å². The molecule has 1 aromatic rings. The van der Waals surface area contributed by atoms with Crippen LogP contribution in [0.4, 0.5) is 0 Å². The van der Waals surface area contributed by atoms with Gasteiger partial charge >= 0.3 is 0 Å². The highest BCUT2D eigenvalue weighted by atomic mass is 79.9. The zero-order valence-corrected chi connectivity index (χ0v) is 13.0. The van der Waals surface area contributed by atoms with Gasteiger partial charge in [0.25, 0.3) is 5.91 Å². The molecule has 0 spiro atoms. The van der Waals surface area contributed by atoms with E-state index in [-0.39, 0.29) is 11.9 Å². The molecule has 1 amide bonds. The van der Waals surface area contributed by atoms with Crippen LogP contribution in [0, 0.1) is 0 Å². The van der Waals surface area contributed by atoms with E-state index in [1.807, 2.05) is 19.2 Å². The van der Waals surface area contributed by atoms with Crippen molar-refractivity contribution in [3.63, 3.8) is 0 Å². The molecule has 0 saturated heterocycles. The maximum atomic E-state index is 12.4. The smallest absolute Gasteiger partial charge is 0.257 e. The van der Waals surface area contributed by atoms with Gasteiger partial charge in [0, 0.05) is 17.6 Å². The summed E-state index contributed by atoms with van der Waals surface area (Å²) in [5, 5.41) is 0. The molecule has 3 nitrogen and oxygen atoms in total. The molecule has 0 fully saturated rings. The van der Waals surface area contributed by atoms with Crippen LogP contribution in [0.15, 0.2) is 22.7 Å². The fraction of sp³-hybridized carbons (Fsp3) is 0.500. The Labute approximate surface area is 117 Å². The van der Waals surface area contributed by atoms with E-state index in [1.54, 1.807) is 18.1 Å². The molecule has 18 heavy (non-hydrogen) atoms. The number of carbonyl (C=O) groups is 1. The van der Waals surface area contributed by atoms with Gasteiger partial charge in [-0.25, -0.2) is 0 Å². The minimum Gasteiger partial charge on any atom is -0.496 e. The molecule has 1 unspecified atom stereocenters. The van der Waals surface area contributed by atoms with Crippen LogP contribution in [0.2, 0.25) is 0 Å². The molecule has 0 radical (unpaired) electrons. The summed E-state index contributed by atoms with van der Waals surface area (Å²) in [6.45, 7) is 4.18. The second kappa shape index (κ2) is 6.78. The summed E-state index contributed by atoms with van der Waals surface area (Å²) >= 11 is 3.37. The number of halogens is 1. The Bertz CT molecular complexity index is 420. The van der Waals surface area contributed by atoms with Crippen LogP contribution >= 0.6 is 15.9 Å². The molecule has 1 atom stereocenters. The third kappa shape index (κ3) is 3.48. The van der Waals surface area contributed by atoms with Gasteiger partial charge in [0.1, 0.15) is 5.75 Å². The molecule has 0 aromatic heterocycles. The molecule has 0 heterocycles. The van der Waals surface area contributed by atoms with E-state index in [1.165, 1.54) is 0 Å². The summed E-state index contributed by atoms with van der Waals surface area (Å²) in [6.07, 6.45) is 2.07. The van der Waals surface area contributed by atoms with E-state index in [0.29, 0.717) is 11.3 Å². The first-order valence-corrected chi connectivity index (χ1v) is 6.91. The zero-order valence-electron chi connectivity index (χ0n) is 11.4. The van der Waals surface area contributed by atoms with Crippen molar-refractivity contribution in [2.75, 3.05) is 14.2 Å². The van der Waals surface area contributed by atoms with Crippen LogP contribution < -0.4 is 4.74 Å². The fourth-order valence-corrected chi connectivity index (χ4v) is 2.18. The lowest BCUT2D eigenvalue weighted by atomic mass is 10.1. The Morgan fingerprint density at radius 1 is 1.50 bits per heavy atom. The number of benzene rings is 1. The SMILES string of the molecule is CCCC(C)N(C)C(=O)c1ccc(Br)cc1OC. The number of amides is 1. The van der Waals surface area contributed by atoms with Crippen molar-refractivity contribution in [3.8, 4) is 5.75 Å². The van der Waals surface area contributed by atoms with Gasteiger partial charge in [0.05, 0.1) is 12.7 Å². The van der Waals surface area contributed by atoms with E-state index < -0.39 is 0 Å². The maximum absolute atomic E-state index is 12.4. The summed E-state index contributed by atoms with van der Waals surface area (Å²) in [5.74, 6) is 0.602. The van der Waals surface area contributed by atoms with Gasteiger partial charge in [-0.1, -0.05) is 29.3 Å². The van der Waals surface area contributed by atoms with Crippen molar-refractivity contribution in [2.45, 2.75) is 32.7 Å². The number of hydrogen-bond acceptors (Lipinski definition) is 2. The van der Waals surface area contributed by atoms with Crippen LogP contribution in [0.1, 0.15) is 37.0 Å². The number of methoxy groups -OCH3 is 1. The minimum atomic E-state index is 0.000278. The van der Waals surface area contributed by atoms with E-state index in [9.17, 15) is 4.79 Å². The molecule has 0 saturated carbocycles. The second-order valence-corrected chi connectivity index (χ2v) is 5.31. The summed E-state index contributed by atoms with van der Waals surface area (Å²) in [5.41, 5.74) is 0.603. The number of rotatable bonds is 5. The van der Waals surface area contributed by atoms with Crippen molar-refractivity contribution in [1.29, 1.82) is 0 Å². The zero-order chi connectivity index (χ0) is 13.7. The summed E-state index contributed by atoms with van der Waals surface area (Å²) in [4.78, 5) is 14.2. The average molecular weight is 314 g/mol. The predicted octanol–water partition coefficient (Wildman–Crippen LogP) is 3.72. The molecule has 1 aromatic carbocycles. The standard InChI is InChI=1S/C14H20BrNO2/c1-5-6-10(2)16(3)14(17)12-8-7-11(15)9-13(12)18-4/h7-10H,5-6H2,1-4H3. The lowest BCUT2D eigenvalue weighted by Gasteiger charge is -2.25. The fourth-order valence-electron chi connectivity index (χ4n) is 1.84. The summed E-state index contributed by atoms with van der Waals surface area (Å²) < 4.78 is 6.16. The lowest BCUT2D eigenvalue weighted by molar-refractivity contribution is 0.0733. The molecule has 0 N–H and O–H groups in total. The second-order valence-electron chi connectivity index (χ2n) is 4.40. The Balaban J connectivity index is 2.96. The minimum absolute atomic E-state index is 0.000278. The van der Waals surface area contributed by atoms with Crippen LogP contribution in [0.25, 0.3) is 0 Å². The monoisotopic (exact) mass is 313 g/mol. The Hall–Kier alpha value is -1.03. The van der Waals surface area contributed by atoms with Gasteiger partial charge in [-0.15, -0.1) is 0 Å². The summed E-state index contributed by atoms with van der Waals surface area (Å²) in [6, 6.07) is 5.69. The predicted molar refractivity (Wildman–Crippen MR) is 77.2 cm³/mol. The molecule has 1 rings (SSSR count). The van der Waals surface area contributed by atoms with Crippen molar-refractivity contribution in [2.24, 2.45) is 0 Å². The molecule has 0 aliphatic heterocycles. The maximum Gasteiger partial charge on any atom is 0.257 e. The Kier molecular flexibility index (Phi) is 5.66. The first-order valence-electron chi connectivity index (χ1n) is 6.12. The molecule has 0 bridgehead atoms. The highest BCUT2D eigenvalue weighted by Crippen LogP contribution is 2.25. The normalized spacial score (nSPS) is 12.1. The van der Waals surface area contributed by atoms with Crippen molar-refractivity contribution >= 4 is 21.8 Å². The molecule has 0 aliphatic carbocycles. The third-order valence-corrected chi connectivity index (χ3v) is 3.58. The number of ether oxygens (including phenoxy) is 1. The lowest BCUT2D eigenvalue weighted by Crippen LogP contribution is -2.35. The van der Waals surface area contributed by atoms with Crippen LogP contribution in [0.5, 0.6) is 5.75 Å². The largest absolute Gasteiger partial charge is 0.496 e. The Morgan fingerprint density at radius 2 is 2.17 bits per heavy atom. The highest BCUT2D eigenvalue weighted by Gasteiger charge is 2.20. The van der Waals surface area contributed by atoms with Crippen LogP contribution in [-0.4, -0.2) is 31.0 Å². The third-order valence-electron chi connectivity index (χ3n) is 3.08. The summed E-state index contributed by atoms with van der Waals surface area (Å²) in [7, 11) is 3.41. The van der Waals surface area contributed by atoms with Crippen LogP contribution in [-0.2, 0) is 0 Å². The van der Waals surface area contributed by atoms with E-state index in [0.717, 1.165) is 17.3 Å². The van der Waals surface area contributed by atoms with Gasteiger partial charge in [-0.3, -0.25) is 4.79 Å². The number of nitrogens with zero attached hydrogens (tertiary/aromatic N) is 1. The first-order chi connectivity index (χ1) is 8.51.